The summed E-state index contributed by atoms with van der Waals surface area (Å²) in [7, 11) is 1.84. The summed E-state index contributed by atoms with van der Waals surface area (Å²) in [6, 6.07) is 0. The van der Waals surface area contributed by atoms with Gasteiger partial charge in [0.05, 0.1) is 37.9 Å². The van der Waals surface area contributed by atoms with Gasteiger partial charge in [0.15, 0.2) is 0 Å². The molecule has 1 saturated heterocycles. The molecule has 43 heavy (non-hydrogen) atoms. The Kier molecular flexibility index (Phi) is 8.40. The Balaban J connectivity index is 1.64. The number of ether oxygens (including phenoxy) is 3. The Hall–Kier alpha value is -0.950. The highest BCUT2D eigenvalue weighted by Gasteiger charge is 2.72. The summed E-state index contributed by atoms with van der Waals surface area (Å²) in [6.07, 6.45) is 8.23. The third-order valence-corrected chi connectivity index (χ3v) is 15.2. The van der Waals surface area contributed by atoms with Crippen molar-refractivity contribution in [2.45, 2.75) is 126 Å². The van der Waals surface area contributed by atoms with E-state index >= 15 is 0 Å². The zero-order valence-corrected chi connectivity index (χ0v) is 29.2. The lowest BCUT2D eigenvalue weighted by molar-refractivity contribution is -0.270. The van der Waals surface area contributed by atoms with Crippen molar-refractivity contribution in [3.05, 3.63) is 11.6 Å². The van der Waals surface area contributed by atoms with Crippen LogP contribution in [0.1, 0.15) is 108 Å². The molecule has 246 valence electrons. The van der Waals surface area contributed by atoms with Crippen LogP contribution in [0.5, 0.6) is 0 Å². The van der Waals surface area contributed by atoms with Gasteiger partial charge in [-0.2, -0.15) is 0 Å². The highest BCUT2D eigenvalue weighted by atomic mass is 16.5. The minimum absolute atomic E-state index is 0.0117. The molecular weight excluding hydrogens is 538 g/mol. The van der Waals surface area contributed by atoms with Gasteiger partial charge < -0.3 is 25.1 Å². The van der Waals surface area contributed by atoms with Crippen molar-refractivity contribution in [2.75, 3.05) is 26.9 Å². The molecule has 1 aliphatic heterocycles. The molecule has 6 heteroatoms. The zero-order chi connectivity index (χ0) is 32.0. The van der Waals surface area contributed by atoms with Crippen LogP contribution < -0.4 is 5.73 Å². The number of aliphatic carboxylic acids is 1. The quantitative estimate of drug-likeness (QED) is 0.283. The molecule has 0 unspecified atom stereocenters. The number of hydrogen-bond acceptors (Lipinski definition) is 5. The normalized spacial score (nSPS) is 48.0. The maximum atomic E-state index is 13.4. The largest absolute Gasteiger partial charge is 0.481 e. The molecule has 12 atom stereocenters. The second-order valence-corrected chi connectivity index (χ2v) is 17.7. The maximum Gasteiger partial charge on any atom is 0.307 e. The summed E-state index contributed by atoms with van der Waals surface area (Å²) < 4.78 is 19.9. The van der Waals surface area contributed by atoms with Crippen LogP contribution in [-0.2, 0) is 19.0 Å². The van der Waals surface area contributed by atoms with Crippen LogP contribution in [0.3, 0.4) is 0 Å². The smallest absolute Gasteiger partial charge is 0.307 e. The monoisotopic (exact) mass is 601 g/mol. The van der Waals surface area contributed by atoms with Crippen LogP contribution in [-0.4, -0.2) is 55.8 Å². The Morgan fingerprint density at radius 3 is 2.35 bits per heavy atom. The molecular formula is C37H63NO5. The predicted molar refractivity (Wildman–Crippen MR) is 172 cm³/mol. The number of methoxy groups -OCH3 is 1. The fourth-order valence-corrected chi connectivity index (χ4v) is 11.5. The van der Waals surface area contributed by atoms with E-state index in [-0.39, 0.29) is 45.2 Å². The van der Waals surface area contributed by atoms with Crippen LogP contribution in [0.15, 0.2) is 11.6 Å². The van der Waals surface area contributed by atoms with E-state index in [1.807, 2.05) is 7.11 Å². The Morgan fingerprint density at radius 1 is 1.09 bits per heavy atom. The lowest BCUT2D eigenvalue weighted by Gasteiger charge is -2.71. The first kappa shape index (κ1) is 33.4. The van der Waals surface area contributed by atoms with E-state index in [4.69, 9.17) is 19.9 Å². The summed E-state index contributed by atoms with van der Waals surface area (Å²) in [5.74, 6) is 0.766. The number of rotatable bonds is 8. The minimum Gasteiger partial charge on any atom is -0.481 e. The summed E-state index contributed by atoms with van der Waals surface area (Å²) in [6.45, 7) is 24.6. The molecule has 2 bridgehead atoms. The average molecular weight is 602 g/mol. The fourth-order valence-electron chi connectivity index (χ4n) is 11.5. The summed E-state index contributed by atoms with van der Waals surface area (Å²) in [5, 5.41) is 11.0. The van der Waals surface area contributed by atoms with E-state index in [0.29, 0.717) is 36.9 Å². The highest BCUT2D eigenvalue weighted by molar-refractivity contribution is 5.73. The fraction of sp³-hybridized carbons (Fsp3) is 0.919. The number of hydrogen-bond donors (Lipinski definition) is 2. The van der Waals surface area contributed by atoms with Gasteiger partial charge in [0.1, 0.15) is 0 Å². The van der Waals surface area contributed by atoms with Gasteiger partial charge in [-0.3, -0.25) is 4.79 Å². The molecule has 0 amide bonds. The van der Waals surface area contributed by atoms with Crippen molar-refractivity contribution in [3.8, 4) is 0 Å². The Labute approximate surface area is 262 Å². The number of allylic oxidation sites excluding steroid dienone is 1. The number of nitrogens with two attached hydrogens (primary N) is 1. The molecule has 5 aliphatic rings. The number of fused-ring (bicyclic) bond motifs is 3. The number of carboxylic acids is 1. The molecule has 0 aromatic rings. The van der Waals surface area contributed by atoms with Gasteiger partial charge in [-0.15, -0.1) is 0 Å². The van der Waals surface area contributed by atoms with E-state index in [1.165, 1.54) is 5.57 Å². The molecule has 5 rings (SSSR count). The van der Waals surface area contributed by atoms with Crippen LogP contribution in [0.4, 0.5) is 0 Å². The van der Waals surface area contributed by atoms with E-state index in [1.54, 1.807) is 0 Å². The van der Waals surface area contributed by atoms with Crippen LogP contribution >= 0.6 is 0 Å². The van der Waals surface area contributed by atoms with Crippen molar-refractivity contribution in [2.24, 2.45) is 68.3 Å². The first-order valence-corrected chi connectivity index (χ1v) is 17.3. The Morgan fingerprint density at radius 2 is 1.77 bits per heavy atom. The van der Waals surface area contributed by atoms with Crippen molar-refractivity contribution in [3.63, 3.8) is 0 Å². The molecule has 0 radical (unpaired) electrons. The first-order valence-electron chi connectivity index (χ1n) is 17.3. The van der Waals surface area contributed by atoms with E-state index in [0.717, 1.165) is 45.1 Å². The Bertz CT molecular complexity index is 1120. The molecule has 0 spiro atoms. The third kappa shape index (κ3) is 4.57. The maximum absolute atomic E-state index is 13.4. The molecule has 4 fully saturated rings. The summed E-state index contributed by atoms with van der Waals surface area (Å²) in [4.78, 5) is 13.4. The van der Waals surface area contributed by atoms with E-state index in [9.17, 15) is 9.90 Å². The summed E-state index contributed by atoms with van der Waals surface area (Å²) >= 11 is 0. The molecule has 0 aromatic heterocycles. The first-order chi connectivity index (χ1) is 19.9. The van der Waals surface area contributed by atoms with Gasteiger partial charge in [-0.1, -0.05) is 74.0 Å². The number of carbonyl (C=O) groups is 1. The molecule has 6 nitrogen and oxygen atoms in total. The standard InChI is InChI=1S/C37H63NO5/c1-22(2)24(5)33(7)16-17-34(8)25-12-13-28-32(6)18-27(41-11)30(43-20-36(10,38)23(3)4)37(28,21-42-19-32)26(25)14-15-35(34,9)29(33)31(39)40/h14,22-25,27-30H,12-13,15-21,38H2,1-11H3,(H,39,40)/t24-,25+,27-,28-,29-,30+,32-,33-,34-,35+,36+,37+/m1/s1. The van der Waals surface area contributed by atoms with Gasteiger partial charge >= 0.3 is 5.97 Å². The van der Waals surface area contributed by atoms with Crippen molar-refractivity contribution in [1.29, 1.82) is 0 Å². The van der Waals surface area contributed by atoms with Gasteiger partial charge in [0.2, 0.25) is 0 Å². The zero-order valence-electron chi connectivity index (χ0n) is 29.2. The predicted octanol–water partition coefficient (Wildman–Crippen LogP) is 7.35. The SMILES string of the molecule is CO[C@@H]1C[C@]2(C)COC[C@@]3(C4=CC[C@@]5(C)[C@H](C(=O)O)[C@@](C)([C@H](C)C(C)C)CC[C@]5(C)[C@H]4CC[C@H]23)[C@H]1OC[C@](C)(N)C(C)C. The van der Waals surface area contributed by atoms with Gasteiger partial charge in [0.25, 0.3) is 0 Å². The average Bonchev–Trinajstić information content (AvgIpc) is 2.91. The highest BCUT2D eigenvalue weighted by Crippen LogP contribution is 2.75. The lowest BCUT2D eigenvalue weighted by atomic mass is 9.34. The molecule has 1 heterocycles. The van der Waals surface area contributed by atoms with Crippen LogP contribution in [0, 0.1) is 62.6 Å². The van der Waals surface area contributed by atoms with E-state index in [2.05, 4.69) is 75.3 Å². The molecule has 4 aliphatic carbocycles. The van der Waals surface area contributed by atoms with Crippen LogP contribution in [0.25, 0.3) is 0 Å². The lowest BCUT2D eigenvalue weighted by Crippen LogP contribution is -2.71. The van der Waals surface area contributed by atoms with Gasteiger partial charge in [-0.25, -0.2) is 0 Å². The van der Waals surface area contributed by atoms with Crippen molar-refractivity contribution in [1.82, 2.24) is 0 Å². The number of carboxylic acid groups (broad SMARTS) is 1. The van der Waals surface area contributed by atoms with Crippen LogP contribution in [0.2, 0.25) is 0 Å². The van der Waals surface area contributed by atoms with Crippen molar-refractivity contribution < 1.29 is 24.1 Å². The topological polar surface area (TPSA) is 91.0 Å². The van der Waals surface area contributed by atoms with Gasteiger partial charge in [-0.05, 0) is 96.7 Å². The molecule has 0 aromatic carbocycles. The summed E-state index contributed by atoms with van der Waals surface area (Å²) in [5.41, 5.74) is 6.82. The molecule has 3 saturated carbocycles. The third-order valence-electron chi connectivity index (χ3n) is 15.2. The molecule has 3 N–H and O–H groups in total. The van der Waals surface area contributed by atoms with E-state index < -0.39 is 17.4 Å². The van der Waals surface area contributed by atoms with Gasteiger partial charge in [0, 0.05) is 18.1 Å². The second-order valence-electron chi connectivity index (χ2n) is 17.7. The van der Waals surface area contributed by atoms with Crippen molar-refractivity contribution >= 4 is 5.97 Å². The second kappa shape index (κ2) is 10.8. The minimum atomic E-state index is -0.616.